The molecule has 1 aliphatic heterocycles. The summed E-state index contributed by atoms with van der Waals surface area (Å²) in [5, 5.41) is 4.88. The Morgan fingerprint density at radius 1 is 1.04 bits per heavy atom. The Morgan fingerprint density at radius 3 is 2.48 bits per heavy atom. The number of benzene rings is 1. The zero-order valence-electron chi connectivity index (χ0n) is 13.9. The topological polar surface area (TPSA) is 52.7 Å². The van der Waals surface area contributed by atoms with Gasteiger partial charge in [-0.05, 0) is 29.7 Å². The molecule has 1 fully saturated rings. The van der Waals surface area contributed by atoms with Crippen LogP contribution in [0.2, 0.25) is 0 Å². The molecule has 2 heterocycles. The third-order valence-corrected chi connectivity index (χ3v) is 4.88. The van der Waals surface area contributed by atoms with Crippen molar-refractivity contribution < 1.29 is 9.59 Å². The fourth-order valence-electron chi connectivity index (χ4n) is 2.70. The fourth-order valence-corrected chi connectivity index (χ4v) is 3.31. The highest BCUT2D eigenvalue weighted by atomic mass is 32.1. The van der Waals surface area contributed by atoms with Crippen LogP contribution in [0.3, 0.4) is 0 Å². The minimum atomic E-state index is -0.0245. The van der Waals surface area contributed by atoms with Gasteiger partial charge < -0.3 is 10.2 Å². The van der Waals surface area contributed by atoms with Crippen molar-refractivity contribution in [2.45, 2.75) is 0 Å². The summed E-state index contributed by atoms with van der Waals surface area (Å²) in [6.07, 6.45) is 3.48. The maximum atomic E-state index is 12.2. The summed E-state index contributed by atoms with van der Waals surface area (Å²) < 4.78 is 0. The third-order valence-electron chi connectivity index (χ3n) is 4.04. The second kappa shape index (κ2) is 8.60. The molecule has 0 bridgehead atoms. The number of carbonyl (C=O) groups is 2. The SMILES string of the molecule is O=C(CN1CCN(C(=O)/C=C/c2cccs2)CC1)Nc1ccccc1. The lowest BCUT2D eigenvalue weighted by atomic mass is 10.2. The van der Waals surface area contributed by atoms with Gasteiger partial charge in [0, 0.05) is 42.8 Å². The monoisotopic (exact) mass is 355 g/mol. The van der Waals surface area contributed by atoms with E-state index in [4.69, 9.17) is 0 Å². The Kier molecular flexibility index (Phi) is 5.98. The second-order valence-electron chi connectivity index (χ2n) is 5.86. The Balaban J connectivity index is 1.42. The normalized spacial score (nSPS) is 15.4. The van der Waals surface area contributed by atoms with E-state index in [1.165, 1.54) is 0 Å². The van der Waals surface area contributed by atoms with Gasteiger partial charge in [-0.3, -0.25) is 14.5 Å². The van der Waals surface area contributed by atoms with Gasteiger partial charge in [0.15, 0.2) is 0 Å². The summed E-state index contributed by atoms with van der Waals surface area (Å²) in [4.78, 5) is 29.3. The maximum absolute atomic E-state index is 12.2. The Hall–Kier alpha value is -2.44. The molecule has 2 aromatic rings. The van der Waals surface area contributed by atoms with Gasteiger partial charge in [0.1, 0.15) is 0 Å². The first-order chi connectivity index (χ1) is 12.2. The fraction of sp³-hybridized carbons (Fsp3) is 0.263. The van der Waals surface area contributed by atoms with E-state index in [2.05, 4.69) is 10.2 Å². The van der Waals surface area contributed by atoms with E-state index in [0.29, 0.717) is 32.7 Å². The summed E-state index contributed by atoms with van der Waals surface area (Å²) in [6.45, 7) is 3.06. The molecule has 2 amide bonds. The van der Waals surface area contributed by atoms with Gasteiger partial charge in [0.05, 0.1) is 6.54 Å². The molecule has 1 aliphatic rings. The molecule has 0 spiro atoms. The molecular formula is C19H21N3O2S. The molecule has 1 aromatic carbocycles. The molecule has 25 heavy (non-hydrogen) atoms. The first kappa shape index (κ1) is 17.4. The predicted octanol–water partition coefficient (Wildman–Crippen LogP) is 2.54. The zero-order valence-corrected chi connectivity index (χ0v) is 14.7. The lowest BCUT2D eigenvalue weighted by Gasteiger charge is -2.33. The molecule has 1 aromatic heterocycles. The van der Waals surface area contributed by atoms with Crippen molar-refractivity contribution in [2.75, 3.05) is 38.0 Å². The van der Waals surface area contributed by atoms with Crippen molar-refractivity contribution in [3.05, 3.63) is 58.8 Å². The van der Waals surface area contributed by atoms with Crippen molar-refractivity contribution in [1.29, 1.82) is 0 Å². The van der Waals surface area contributed by atoms with Crippen LogP contribution in [0.15, 0.2) is 53.9 Å². The molecule has 0 unspecified atom stereocenters. The first-order valence-corrected chi connectivity index (χ1v) is 9.16. The van der Waals surface area contributed by atoms with Gasteiger partial charge in [0.25, 0.3) is 0 Å². The minimum Gasteiger partial charge on any atom is -0.337 e. The van der Waals surface area contributed by atoms with E-state index in [1.54, 1.807) is 17.4 Å². The Labute approximate surface area is 151 Å². The quantitative estimate of drug-likeness (QED) is 0.839. The van der Waals surface area contributed by atoms with E-state index >= 15 is 0 Å². The number of rotatable bonds is 5. The minimum absolute atomic E-state index is 0.0245. The van der Waals surface area contributed by atoms with Gasteiger partial charge in [0.2, 0.25) is 11.8 Å². The number of para-hydroxylation sites is 1. The second-order valence-corrected chi connectivity index (χ2v) is 6.84. The highest BCUT2D eigenvalue weighted by molar-refractivity contribution is 7.10. The molecule has 3 rings (SSSR count). The summed E-state index contributed by atoms with van der Waals surface area (Å²) in [6, 6.07) is 13.4. The lowest BCUT2D eigenvalue weighted by molar-refractivity contribution is -0.127. The van der Waals surface area contributed by atoms with Crippen molar-refractivity contribution in [2.24, 2.45) is 0 Å². The number of thiophene rings is 1. The molecule has 130 valence electrons. The standard InChI is InChI=1S/C19H21N3O2S/c23-18(20-16-5-2-1-3-6-16)15-21-10-12-22(13-11-21)19(24)9-8-17-7-4-14-25-17/h1-9,14H,10-13,15H2,(H,20,23)/b9-8+. The maximum Gasteiger partial charge on any atom is 0.246 e. The molecule has 0 radical (unpaired) electrons. The first-order valence-electron chi connectivity index (χ1n) is 8.28. The Bertz CT molecular complexity index is 720. The van der Waals surface area contributed by atoms with E-state index in [1.807, 2.05) is 58.8 Å². The number of nitrogens with zero attached hydrogens (tertiary/aromatic N) is 2. The lowest BCUT2D eigenvalue weighted by Crippen LogP contribution is -2.50. The van der Waals surface area contributed by atoms with Crippen LogP contribution >= 0.6 is 11.3 Å². The van der Waals surface area contributed by atoms with Crippen LogP contribution in [0.25, 0.3) is 6.08 Å². The summed E-state index contributed by atoms with van der Waals surface area (Å²) in [5.41, 5.74) is 0.806. The number of carbonyl (C=O) groups excluding carboxylic acids is 2. The number of anilines is 1. The van der Waals surface area contributed by atoms with Crippen molar-refractivity contribution >= 4 is 34.9 Å². The average Bonchev–Trinajstić information content (AvgIpc) is 3.14. The number of hydrogen-bond donors (Lipinski definition) is 1. The molecule has 0 aliphatic carbocycles. The highest BCUT2D eigenvalue weighted by Crippen LogP contribution is 2.11. The molecule has 6 heteroatoms. The van der Waals surface area contributed by atoms with Gasteiger partial charge in [-0.1, -0.05) is 24.3 Å². The molecule has 0 saturated carbocycles. The summed E-state index contributed by atoms with van der Waals surface area (Å²) in [5.74, 6) is 0.00496. The van der Waals surface area contributed by atoms with Crippen LogP contribution in [0.1, 0.15) is 4.88 Å². The van der Waals surface area contributed by atoms with Crippen molar-refractivity contribution in [3.8, 4) is 0 Å². The molecule has 0 atom stereocenters. The van der Waals surface area contributed by atoms with Crippen LogP contribution in [0.4, 0.5) is 5.69 Å². The smallest absolute Gasteiger partial charge is 0.246 e. The zero-order chi connectivity index (χ0) is 17.5. The van der Waals surface area contributed by atoms with E-state index in [9.17, 15) is 9.59 Å². The number of nitrogens with one attached hydrogen (secondary N) is 1. The van der Waals surface area contributed by atoms with E-state index < -0.39 is 0 Å². The highest BCUT2D eigenvalue weighted by Gasteiger charge is 2.21. The van der Waals surface area contributed by atoms with Gasteiger partial charge in [-0.25, -0.2) is 0 Å². The Morgan fingerprint density at radius 2 is 1.80 bits per heavy atom. The van der Waals surface area contributed by atoms with Crippen LogP contribution in [0.5, 0.6) is 0 Å². The largest absolute Gasteiger partial charge is 0.337 e. The van der Waals surface area contributed by atoms with Crippen LogP contribution < -0.4 is 5.32 Å². The van der Waals surface area contributed by atoms with Crippen molar-refractivity contribution in [1.82, 2.24) is 9.80 Å². The number of piperazine rings is 1. The molecule has 5 nitrogen and oxygen atoms in total. The van der Waals surface area contributed by atoms with Gasteiger partial charge >= 0.3 is 0 Å². The molecule has 1 N–H and O–H groups in total. The average molecular weight is 355 g/mol. The number of hydrogen-bond acceptors (Lipinski definition) is 4. The third kappa shape index (κ3) is 5.27. The van der Waals surface area contributed by atoms with Crippen LogP contribution in [-0.4, -0.2) is 54.3 Å². The van der Waals surface area contributed by atoms with Crippen LogP contribution in [-0.2, 0) is 9.59 Å². The van der Waals surface area contributed by atoms with Crippen LogP contribution in [0, 0.1) is 0 Å². The summed E-state index contributed by atoms with van der Waals surface area (Å²) >= 11 is 1.61. The van der Waals surface area contributed by atoms with E-state index in [0.717, 1.165) is 10.6 Å². The van der Waals surface area contributed by atoms with Crippen molar-refractivity contribution in [3.63, 3.8) is 0 Å². The van der Waals surface area contributed by atoms with Gasteiger partial charge in [-0.2, -0.15) is 0 Å². The molecular weight excluding hydrogens is 334 g/mol. The molecule has 1 saturated heterocycles. The van der Waals surface area contributed by atoms with E-state index in [-0.39, 0.29) is 11.8 Å². The summed E-state index contributed by atoms with van der Waals surface area (Å²) in [7, 11) is 0. The van der Waals surface area contributed by atoms with Gasteiger partial charge in [-0.15, -0.1) is 11.3 Å². The predicted molar refractivity (Wildman–Crippen MR) is 101 cm³/mol. The number of amides is 2.